The minimum Gasteiger partial charge on any atom is -0.508 e. The van der Waals surface area contributed by atoms with E-state index in [1.54, 1.807) is 12.1 Å². The van der Waals surface area contributed by atoms with Gasteiger partial charge in [-0.25, -0.2) is 4.79 Å². The number of nitrogens with one attached hydrogen (secondary N) is 3. The summed E-state index contributed by atoms with van der Waals surface area (Å²) in [6, 6.07) is 1.26. The van der Waals surface area contributed by atoms with Gasteiger partial charge in [-0.3, -0.25) is 14.4 Å². The van der Waals surface area contributed by atoms with E-state index in [2.05, 4.69) is 16.0 Å². The van der Waals surface area contributed by atoms with Crippen molar-refractivity contribution in [1.82, 2.24) is 16.0 Å². The Kier molecular flexibility index (Phi) is 11.7. The Balaban J connectivity index is 2.95. The third-order valence-corrected chi connectivity index (χ3v) is 5.35. The summed E-state index contributed by atoms with van der Waals surface area (Å²) < 4.78 is 0. The van der Waals surface area contributed by atoms with Gasteiger partial charge in [0.25, 0.3) is 0 Å². The molecule has 0 heterocycles. The van der Waals surface area contributed by atoms with Crippen LogP contribution in [0.4, 0.5) is 0 Å². The number of hydrogen-bond acceptors (Lipinski definition) is 8. The van der Waals surface area contributed by atoms with Crippen molar-refractivity contribution >= 4 is 35.5 Å². The number of carboxylic acid groups (broad SMARTS) is 1. The van der Waals surface area contributed by atoms with Gasteiger partial charge in [-0.15, -0.1) is 0 Å². The summed E-state index contributed by atoms with van der Waals surface area (Å²) in [6.07, 6.45) is 0.699. The van der Waals surface area contributed by atoms with Crippen molar-refractivity contribution in [3.8, 4) is 5.75 Å². The van der Waals surface area contributed by atoms with E-state index >= 15 is 0 Å². The molecule has 0 fully saturated rings. The third kappa shape index (κ3) is 9.68. The summed E-state index contributed by atoms with van der Waals surface area (Å²) in [5, 5.41) is 36.1. The Bertz CT molecular complexity index is 817. The first-order valence-electron chi connectivity index (χ1n) is 10.3. The number of carbonyl (C=O) groups is 4. The Morgan fingerprint density at radius 1 is 0.970 bits per heavy atom. The van der Waals surface area contributed by atoms with Crippen molar-refractivity contribution in [2.75, 3.05) is 12.0 Å². The van der Waals surface area contributed by atoms with Crippen molar-refractivity contribution in [2.45, 2.75) is 57.0 Å². The molecule has 0 aliphatic carbocycles. The number of nitrogens with two attached hydrogens (primary N) is 1. The van der Waals surface area contributed by atoms with Gasteiger partial charge in [0.15, 0.2) is 0 Å². The molecule has 0 saturated heterocycles. The lowest BCUT2D eigenvalue weighted by Gasteiger charge is -2.26. The molecule has 184 valence electrons. The first kappa shape index (κ1) is 28.2. The van der Waals surface area contributed by atoms with E-state index in [0.717, 1.165) is 0 Å². The number of carbonyl (C=O) groups excluding carboxylic acids is 3. The number of aliphatic hydroxyl groups excluding tert-OH is 1. The maximum absolute atomic E-state index is 12.9. The highest BCUT2D eigenvalue weighted by atomic mass is 32.2. The molecule has 5 atom stereocenters. The second kappa shape index (κ2) is 13.7. The summed E-state index contributed by atoms with van der Waals surface area (Å²) >= 11 is 1.43. The average Bonchev–Trinajstić information content (AvgIpc) is 2.74. The van der Waals surface area contributed by atoms with E-state index in [-0.39, 0.29) is 18.6 Å². The molecular formula is C21H32N4O7S. The maximum atomic E-state index is 12.9. The van der Waals surface area contributed by atoms with E-state index in [9.17, 15) is 34.5 Å². The standard InChI is InChI=1S/C21H32N4O7S/c1-11(22)18(28)25-17(12(2)26)20(30)23-15(8-9-33-3)19(29)24-16(21(31)32)10-13-4-6-14(27)7-5-13/h4-7,11-12,15-17,26-27H,8-10,22H2,1-3H3,(H,23,30)(H,24,29)(H,25,28)(H,31,32). The molecule has 1 aromatic carbocycles. The summed E-state index contributed by atoms with van der Waals surface area (Å²) in [6.45, 7) is 2.72. The summed E-state index contributed by atoms with van der Waals surface area (Å²) in [4.78, 5) is 49.1. The maximum Gasteiger partial charge on any atom is 0.326 e. The van der Waals surface area contributed by atoms with Gasteiger partial charge >= 0.3 is 5.97 Å². The number of amides is 3. The number of aromatic hydroxyl groups is 1. The molecule has 5 unspecified atom stereocenters. The molecule has 12 heteroatoms. The van der Waals surface area contributed by atoms with Crippen LogP contribution in [0.25, 0.3) is 0 Å². The van der Waals surface area contributed by atoms with Crippen LogP contribution in [0.2, 0.25) is 0 Å². The number of phenols is 1. The molecule has 0 saturated carbocycles. The molecule has 0 aliphatic heterocycles. The van der Waals surface area contributed by atoms with E-state index < -0.39 is 54.0 Å². The van der Waals surface area contributed by atoms with Crippen LogP contribution in [0, 0.1) is 0 Å². The number of thioether (sulfide) groups is 1. The van der Waals surface area contributed by atoms with Crippen LogP contribution in [0.5, 0.6) is 5.75 Å². The SMILES string of the molecule is CSCCC(NC(=O)C(NC(=O)C(C)N)C(C)O)C(=O)NC(Cc1ccc(O)cc1)C(=O)O. The molecule has 0 aliphatic rings. The molecule has 0 aromatic heterocycles. The van der Waals surface area contributed by atoms with Crippen molar-refractivity contribution in [1.29, 1.82) is 0 Å². The molecule has 3 amide bonds. The number of aliphatic carboxylic acids is 1. The van der Waals surface area contributed by atoms with Crippen LogP contribution >= 0.6 is 11.8 Å². The number of phenolic OH excluding ortho intramolecular Hbond substituents is 1. The van der Waals surface area contributed by atoms with Gasteiger partial charge in [0.2, 0.25) is 17.7 Å². The Morgan fingerprint density at radius 2 is 1.55 bits per heavy atom. The molecule has 0 spiro atoms. The van der Waals surface area contributed by atoms with E-state index in [0.29, 0.717) is 11.3 Å². The predicted octanol–water partition coefficient (Wildman–Crippen LogP) is -1.05. The molecule has 1 rings (SSSR count). The van der Waals surface area contributed by atoms with Gasteiger partial charge in [0.05, 0.1) is 12.1 Å². The van der Waals surface area contributed by atoms with Gasteiger partial charge in [-0.1, -0.05) is 12.1 Å². The van der Waals surface area contributed by atoms with E-state index in [1.807, 2.05) is 6.26 Å². The minimum atomic E-state index is -1.35. The predicted molar refractivity (Wildman–Crippen MR) is 124 cm³/mol. The lowest BCUT2D eigenvalue weighted by molar-refractivity contribution is -0.142. The number of benzene rings is 1. The van der Waals surface area contributed by atoms with Crippen molar-refractivity contribution < 1.29 is 34.5 Å². The van der Waals surface area contributed by atoms with Gasteiger partial charge in [0.1, 0.15) is 23.9 Å². The Morgan fingerprint density at radius 3 is 2.03 bits per heavy atom. The normalized spacial score (nSPS) is 15.4. The second-order valence-corrected chi connectivity index (χ2v) is 8.61. The molecule has 33 heavy (non-hydrogen) atoms. The third-order valence-electron chi connectivity index (χ3n) is 4.71. The first-order chi connectivity index (χ1) is 15.5. The fourth-order valence-electron chi connectivity index (χ4n) is 2.80. The number of aliphatic hydroxyl groups is 1. The van der Waals surface area contributed by atoms with Crippen molar-refractivity contribution in [3.05, 3.63) is 29.8 Å². The Hall–Kier alpha value is -2.83. The zero-order valence-electron chi connectivity index (χ0n) is 18.8. The van der Waals surface area contributed by atoms with Crippen LogP contribution in [0.1, 0.15) is 25.8 Å². The largest absolute Gasteiger partial charge is 0.508 e. The van der Waals surface area contributed by atoms with Crippen LogP contribution in [0.15, 0.2) is 24.3 Å². The highest BCUT2D eigenvalue weighted by Gasteiger charge is 2.31. The van der Waals surface area contributed by atoms with Crippen LogP contribution < -0.4 is 21.7 Å². The lowest BCUT2D eigenvalue weighted by Crippen LogP contribution is -2.59. The van der Waals surface area contributed by atoms with Crippen LogP contribution in [0.3, 0.4) is 0 Å². The molecular weight excluding hydrogens is 452 g/mol. The highest BCUT2D eigenvalue weighted by molar-refractivity contribution is 7.98. The fourth-order valence-corrected chi connectivity index (χ4v) is 3.27. The first-order valence-corrected chi connectivity index (χ1v) is 11.7. The number of rotatable bonds is 13. The van der Waals surface area contributed by atoms with Gasteiger partial charge < -0.3 is 37.0 Å². The van der Waals surface area contributed by atoms with Crippen molar-refractivity contribution in [2.24, 2.45) is 5.73 Å². The monoisotopic (exact) mass is 484 g/mol. The van der Waals surface area contributed by atoms with Crippen LogP contribution in [-0.4, -0.2) is 81.3 Å². The topological polar surface area (TPSA) is 191 Å². The van der Waals surface area contributed by atoms with E-state index in [4.69, 9.17) is 5.73 Å². The molecule has 8 N–H and O–H groups in total. The fraction of sp³-hybridized carbons (Fsp3) is 0.524. The highest BCUT2D eigenvalue weighted by Crippen LogP contribution is 2.12. The molecule has 0 bridgehead atoms. The zero-order chi connectivity index (χ0) is 25.1. The van der Waals surface area contributed by atoms with Gasteiger partial charge in [-0.05, 0) is 50.0 Å². The Labute approximate surface area is 196 Å². The zero-order valence-corrected chi connectivity index (χ0v) is 19.6. The molecule has 0 radical (unpaired) electrons. The molecule has 11 nitrogen and oxygen atoms in total. The summed E-state index contributed by atoms with van der Waals surface area (Å²) in [5.41, 5.74) is 6.07. The van der Waals surface area contributed by atoms with Crippen LogP contribution in [-0.2, 0) is 25.6 Å². The van der Waals surface area contributed by atoms with Crippen molar-refractivity contribution in [3.63, 3.8) is 0 Å². The van der Waals surface area contributed by atoms with E-state index in [1.165, 1.54) is 37.7 Å². The number of hydrogen-bond donors (Lipinski definition) is 7. The van der Waals surface area contributed by atoms with Gasteiger partial charge in [0, 0.05) is 6.42 Å². The average molecular weight is 485 g/mol. The molecule has 1 aromatic rings. The lowest BCUT2D eigenvalue weighted by atomic mass is 10.0. The second-order valence-electron chi connectivity index (χ2n) is 7.63. The quantitative estimate of drug-likeness (QED) is 0.183. The van der Waals surface area contributed by atoms with Gasteiger partial charge in [-0.2, -0.15) is 11.8 Å². The summed E-state index contributed by atoms with van der Waals surface area (Å²) in [5.74, 6) is -2.92. The smallest absolute Gasteiger partial charge is 0.326 e. The summed E-state index contributed by atoms with van der Waals surface area (Å²) in [7, 11) is 0. The minimum absolute atomic E-state index is 0.0262. The number of carboxylic acids is 1.